The topological polar surface area (TPSA) is 51.4 Å². The highest BCUT2D eigenvalue weighted by Crippen LogP contribution is 2.24. The molecule has 1 aliphatic rings. The summed E-state index contributed by atoms with van der Waals surface area (Å²) >= 11 is 0. The maximum Gasteiger partial charge on any atom is 0.0749 e. The summed E-state index contributed by atoms with van der Waals surface area (Å²) in [6.45, 7) is 6.42. The van der Waals surface area contributed by atoms with Crippen molar-refractivity contribution in [2.24, 2.45) is 5.73 Å². The van der Waals surface area contributed by atoms with Crippen LogP contribution in [0.2, 0.25) is 0 Å². The van der Waals surface area contributed by atoms with E-state index in [1.54, 1.807) is 0 Å². The monoisotopic (exact) mass is 263 g/mol. The predicted molar refractivity (Wildman–Crippen MR) is 78.5 cm³/mol. The minimum atomic E-state index is 0.346. The van der Waals surface area contributed by atoms with Crippen LogP contribution in [0.4, 0.5) is 5.69 Å². The van der Waals surface area contributed by atoms with Gasteiger partial charge in [0.25, 0.3) is 0 Å². The third kappa shape index (κ3) is 3.45. The van der Waals surface area contributed by atoms with Crippen molar-refractivity contribution in [1.29, 1.82) is 0 Å². The Morgan fingerprint density at radius 3 is 2.84 bits per heavy atom. The largest absolute Gasteiger partial charge is 0.376 e. The molecule has 0 spiro atoms. The van der Waals surface area contributed by atoms with E-state index >= 15 is 0 Å². The summed E-state index contributed by atoms with van der Waals surface area (Å²) in [5, 5.41) is 0. The lowest BCUT2D eigenvalue weighted by molar-refractivity contribution is 0.0216. The van der Waals surface area contributed by atoms with Crippen LogP contribution in [0.1, 0.15) is 36.2 Å². The predicted octanol–water partition coefficient (Wildman–Crippen LogP) is 2.16. The van der Waals surface area contributed by atoms with Gasteiger partial charge in [0.2, 0.25) is 0 Å². The summed E-state index contributed by atoms with van der Waals surface area (Å²) in [4.78, 5) is 6.76. The Hall–Kier alpha value is -1.13. The van der Waals surface area contributed by atoms with E-state index in [-0.39, 0.29) is 0 Å². The zero-order chi connectivity index (χ0) is 13.8. The molecule has 0 amide bonds. The molecule has 4 heteroatoms. The molecular weight excluding hydrogens is 238 g/mol. The van der Waals surface area contributed by atoms with Crippen molar-refractivity contribution in [3.05, 3.63) is 23.0 Å². The molecule has 1 aromatic rings. The first-order valence-electron chi connectivity index (χ1n) is 7.11. The van der Waals surface area contributed by atoms with Gasteiger partial charge in [-0.3, -0.25) is 4.98 Å². The Labute approximate surface area is 116 Å². The Balaban J connectivity index is 2.15. The van der Waals surface area contributed by atoms with Crippen LogP contribution in [-0.2, 0) is 11.3 Å². The van der Waals surface area contributed by atoms with Gasteiger partial charge in [-0.2, -0.15) is 0 Å². The van der Waals surface area contributed by atoms with E-state index in [0.717, 1.165) is 36.5 Å². The smallest absolute Gasteiger partial charge is 0.0749 e. The lowest BCUT2D eigenvalue weighted by Gasteiger charge is -2.30. The van der Waals surface area contributed by atoms with Gasteiger partial charge in [-0.05, 0) is 39.2 Å². The number of anilines is 1. The highest BCUT2D eigenvalue weighted by atomic mass is 16.5. The van der Waals surface area contributed by atoms with Crippen LogP contribution in [-0.4, -0.2) is 31.3 Å². The SMILES string of the molecule is Cc1cc(N(C)CC2CCCCO2)c(CN)c(C)n1. The second-order valence-corrected chi connectivity index (χ2v) is 5.42. The Bertz CT molecular complexity index is 428. The molecule has 0 bridgehead atoms. The molecule has 106 valence electrons. The maximum atomic E-state index is 5.87. The van der Waals surface area contributed by atoms with Crippen LogP contribution in [0.5, 0.6) is 0 Å². The minimum absolute atomic E-state index is 0.346. The molecule has 1 aliphatic heterocycles. The third-order valence-corrected chi connectivity index (χ3v) is 3.80. The summed E-state index contributed by atoms with van der Waals surface area (Å²) in [5.74, 6) is 0. The third-order valence-electron chi connectivity index (χ3n) is 3.80. The van der Waals surface area contributed by atoms with E-state index in [1.165, 1.54) is 18.5 Å². The van der Waals surface area contributed by atoms with Gasteiger partial charge in [-0.15, -0.1) is 0 Å². The average molecular weight is 263 g/mol. The molecule has 2 rings (SSSR count). The number of nitrogens with zero attached hydrogens (tertiary/aromatic N) is 2. The number of ether oxygens (including phenoxy) is 1. The number of aryl methyl sites for hydroxylation is 2. The van der Waals surface area contributed by atoms with Gasteiger partial charge >= 0.3 is 0 Å². The van der Waals surface area contributed by atoms with Crippen molar-refractivity contribution in [3.8, 4) is 0 Å². The number of hydrogen-bond acceptors (Lipinski definition) is 4. The first kappa shape index (κ1) is 14.3. The standard InChI is InChI=1S/C15H25N3O/c1-11-8-15(14(9-16)12(2)17-11)18(3)10-13-6-4-5-7-19-13/h8,13H,4-7,9-10,16H2,1-3H3. The molecule has 1 aromatic heterocycles. The summed E-state index contributed by atoms with van der Waals surface area (Å²) in [5.41, 5.74) is 10.3. The Kier molecular flexibility index (Phi) is 4.77. The first-order chi connectivity index (χ1) is 9.11. The fourth-order valence-corrected chi connectivity index (χ4v) is 2.78. The van der Waals surface area contributed by atoms with Crippen molar-refractivity contribution in [2.75, 3.05) is 25.1 Å². The molecule has 2 heterocycles. The van der Waals surface area contributed by atoms with Crippen molar-refractivity contribution < 1.29 is 4.74 Å². The van der Waals surface area contributed by atoms with Crippen molar-refractivity contribution in [1.82, 2.24) is 4.98 Å². The van der Waals surface area contributed by atoms with Gasteiger partial charge < -0.3 is 15.4 Å². The van der Waals surface area contributed by atoms with Gasteiger partial charge in [0.05, 0.1) is 6.10 Å². The van der Waals surface area contributed by atoms with E-state index in [4.69, 9.17) is 10.5 Å². The van der Waals surface area contributed by atoms with Crippen LogP contribution in [0, 0.1) is 13.8 Å². The number of nitrogens with two attached hydrogens (primary N) is 1. The van der Waals surface area contributed by atoms with Crippen LogP contribution >= 0.6 is 0 Å². The van der Waals surface area contributed by atoms with Gasteiger partial charge in [-0.25, -0.2) is 0 Å². The van der Waals surface area contributed by atoms with E-state index in [9.17, 15) is 0 Å². The fourth-order valence-electron chi connectivity index (χ4n) is 2.78. The van der Waals surface area contributed by atoms with E-state index in [0.29, 0.717) is 12.6 Å². The van der Waals surface area contributed by atoms with Crippen LogP contribution < -0.4 is 10.6 Å². The van der Waals surface area contributed by atoms with Gasteiger partial charge in [0.1, 0.15) is 0 Å². The first-order valence-corrected chi connectivity index (χ1v) is 7.11. The molecule has 2 N–H and O–H groups in total. The highest BCUT2D eigenvalue weighted by molar-refractivity contribution is 5.55. The molecule has 0 saturated carbocycles. The maximum absolute atomic E-state index is 5.87. The number of likely N-dealkylation sites (N-methyl/N-ethyl adjacent to an activating group) is 1. The van der Waals surface area contributed by atoms with Gasteiger partial charge in [-0.1, -0.05) is 0 Å². The lowest BCUT2D eigenvalue weighted by atomic mass is 10.1. The normalized spacial score (nSPS) is 19.5. The van der Waals surface area contributed by atoms with Crippen LogP contribution in [0.25, 0.3) is 0 Å². The minimum Gasteiger partial charge on any atom is -0.376 e. The fraction of sp³-hybridized carbons (Fsp3) is 0.667. The second kappa shape index (κ2) is 6.35. The molecule has 19 heavy (non-hydrogen) atoms. The summed E-state index contributed by atoms with van der Waals surface area (Å²) in [6.07, 6.45) is 3.97. The molecule has 4 nitrogen and oxygen atoms in total. The highest BCUT2D eigenvalue weighted by Gasteiger charge is 2.18. The summed E-state index contributed by atoms with van der Waals surface area (Å²) in [6, 6.07) is 2.12. The molecular formula is C15H25N3O. The Morgan fingerprint density at radius 2 is 2.21 bits per heavy atom. The number of rotatable bonds is 4. The van der Waals surface area contributed by atoms with Crippen LogP contribution in [0.15, 0.2) is 6.07 Å². The van der Waals surface area contributed by atoms with Gasteiger partial charge in [0.15, 0.2) is 0 Å². The molecule has 1 atom stereocenters. The van der Waals surface area contributed by atoms with Gasteiger partial charge in [0, 0.05) is 49.4 Å². The summed E-state index contributed by atoms with van der Waals surface area (Å²) in [7, 11) is 2.12. The van der Waals surface area contributed by atoms with E-state index in [2.05, 4.69) is 23.0 Å². The zero-order valence-electron chi connectivity index (χ0n) is 12.3. The molecule has 1 unspecified atom stereocenters. The van der Waals surface area contributed by atoms with Crippen molar-refractivity contribution in [3.63, 3.8) is 0 Å². The van der Waals surface area contributed by atoms with Crippen molar-refractivity contribution >= 4 is 5.69 Å². The number of aromatic nitrogens is 1. The van der Waals surface area contributed by atoms with Crippen molar-refractivity contribution in [2.45, 2.75) is 45.8 Å². The Morgan fingerprint density at radius 1 is 1.42 bits per heavy atom. The quantitative estimate of drug-likeness (QED) is 0.904. The molecule has 0 aromatic carbocycles. The van der Waals surface area contributed by atoms with Crippen LogP contribution in [0.3, 0.4) is 0 Å². The molecule has 1 saturated heterocycles. The number of hydrogen-bond donors (Lipinski definition) is 1. The summed E-state index contributed by atoms with van der Waals surface area (Å²) < 4.78 is 5.82. The van der Waals surface area contributed by atoms with E-state index in [1.807, 2.05) is 13.8 Å². The number of pyridine rings is 1. The van der Waals surface area contributed by atoms with E-state index < -0.39 is 0 Å². The zero-order valence-corrected chi connectivity index (χ0v) is 12.3. The second-order valence-electron chi connectivity index (χ2n) is 5.42. The molecule has 0 radical (unpaired) electrons. The average Bonchev–Trinajstić information content (AvgIpc) is 2.39. The molecule has 0 aliphatic carbocycles. The lowest BCUT2D eigenvalue weighted by Crippen LogP contribution is -2.34. The molecule has 1 fully saturated rings.